The van der Waals surface area contributed by atoms with E-state index in [1.165, 1.54) is 29.6 Å². The minimum atomic E-state index is -3.54. The summed E-state index contributed by atoms with van der Waals surface area (Å²) in [6.07, 6.45) is 7.02. The van der Waals surface area contributed by atoms with E-state index in [2.05, 4.69) is 15.8 Å². The molecule has 1 aromatic carbocycles. The molecule has 2 fully saturated rings. The number of hydrogen-bond donors (Lipinski definition) is 2. The SMILES string of the molecule is CONC(=O)c1cnc(N(C=O)C2CC2)cc1Nc1cccc(C2CC2)c1N(C)S(C)(=O)=O. The fourth-order valence-electron chi connectivity index (χ4n) is 3.75. The molecule has 2 aliphatic carbocycles. The standard InChI is InChI=1S/C22H27N5O5S/c1-26(33(3,30)31)21-16(14-7-8-14)5-4-6-18(21)24-19-11-20(27(13-28)15-9-10-15)23-12-17(19)22(29)25-32-2/h4-6,11-15H,7-10H2,1-3H3,(H,23,24)(H,25,29). The summed E-state index contributed by atoms with van der Waals surface area (Å²) >= 11 is 0. The van der Waals surface area contributed by atoms with Gasteiger partial charge in [-0.3, -0.25) is 23.6 Å². The van der Waals surface area contributed by atoms with Crippen molar-refractivity contribution in [3.05, 3.63) is 41.6 Å². The Bertz CT molecular complexity index is 1180. The highest BCUT2D eigenvalue weighted by Crippen LogP contribution is 2.47. The fraction of sp³-hybridized carbons (Fsp3) is 0.409. The highest BCUT2D eigenvalue weighted by atomic mass is 32.2. The fourth-order valence-corrected chi connectivity index (χ4v) is 4.28. The van der Waals surface area contributed by atoms with Crippen LogP contribution < -0.4 is 20.0 Å². The van der Waals surface area contributed by atoms with Crippen LogP contribution in [-0.2, 0) is 19.7 Å². The third kappa shape index (κ3) is 4.93. The number of carbonyl (C=O) groups is 2. The molecule has 1 aromatic heterocycles. The summed E-state index contributed by atoms with van der Waals surface area (Å²) in [6, 6.07) is 7.25. The van der Waals surface area contributed by atoms with Crippen molar-refractivity contribution < 1.29 is 22.8 Å². The summed E-state index contributed by atoms with van der Waals surface area (Å²) < 4.78 is 26.1. The van der Waals surface area contributed by atoms with Crippen molar-refractivity contribution in [3.63, 3.8) is 0 Å². The van der Waals surface area contributed by atoms with E-state index in [1.54, 1.807) is 12.1 Å². The lowest BCUT2D eigenvalue weighted by atomic mass is 10.1. The monoisotopic (exact) mass is 473 g/mol. The number of sulfonamides is 1. The first kappa shape index (κ1) is 23.0. The number of anilines is 4. The average molecular weight is 474 g/mol. The number of para-hydroxylation sites is 1. The lowest BCUT2D eigenvalue weighted by Crippen LogP contribution is -2.28. The Morgan fingerprint density at radius 2 is 1.94 bits per heavy atom. The van der Waals surface area contributed by atoms with Gasteiger partial charge in [0.25, 0.3) is 5.91 Å². The first-order valence-electron chi connectivity index (χ1n) is 10.7. The number of amides is 2. The maximum atomic E-state index is 12.6. The van der Waals surface area contributed by atoms with Crippen LogP contribution >= 0.6 is 0 Å². The third-order valence-electron chi connectivity index (χ3n) is 5.81. The van der Waals surface area contributed by atoms with Crippen LogP contribution in [0.2, 0.25) is 0 Å². The number of benzene rings is 1. The zero-order valence-electron chi connectivity index (χ0n) is 18.7. The molecule has 10 nitrogen and oxygen atoms in total. The normalized spacial score (nSPS) is 15.6. The number of hydroxylamine groups is 1. The summed E-state index contributed by atoms with van der Waals surface area (Å²) in [4.78, 5) is 34.9. The molecule has 0 bridgehead atoms. The van der Waals surface area contributed by atoms with Crippen molar-refractivity contribution >= 4 is 45.2 Å². The molecule has 1 heterocycles. The zero-order valence-corrected chi connectivity index (χ0v) is 19.6. The number of aromatic nitrogens is 1. The molecule has 2 aliphatic rings. The van der Waals surface area contributed by atoms with E-state index in [0.717, 1.165) is 43.9 Å². The second-order valence-electron chi connectivity index (χ2n) is 8.34. The van der Waals surface area contributed by atoms with Gasteiger partial charge in [0, 0.05) is 25.4 Å². The average Bonchev–Trinajstić information content (AvgIpc) is 3.67. The highest BCUT2D eigenvalue weighted by molar-refractivity contribution is 7.92. The van der Waals surface area contributed by atoms with Crippen molar-refractivity contribution in [2.24, 2.45) is 0 Å². The van der Waals surface area contributed by atoms with Crippen molar-refractivity contribution in [2.75, 3.05) is 34.9 Å². The molecule has 4 rings (SSSR count). The maximum absolute atomic E-state index is 12.6. The van der Waals surface area contributed by atoms with Crippen LogP contribution in [0.15, 0.2) is 30.5 Å². The molecule has 2 amide bonds. The van der Waals surface area contributed by atoms with Gasteiger partial charge in [-0.2, -0.15) is 0 Å². The minimum absolute atomic E-state index is 0.0895. The Morgan fingerprint density at radius 1 is 1.21 bits per heavy atom. The van der Waals surface area contributed by atoms with E-state index in [-0.39, 0.29) is 17.5 Å². The summed E-state index contributed by atoms with van der Waals surface area (Å²) in [5, 5.41) is 3.23. The second kappa shape index (κ2) is 8.99. The largest absolute Gasteiger partial charge is 0.353 e. The predicted molar refractivity (Wildman–Crippen MR) is 125 cm³/mol. The number of pyridine rings is 1. The Morgan fingerprint density at radius 3 is 2.52 bits per heavy atom. The molecular weight excluding hydrogens is 446 g/mol. The molecular formula is C22H27N5O5S. The Kier molecular flexibility index (Phi) is 6.26. The number of rotatable bonds is 10. The van der Waals surface area contributed by atoms with Crippen molar-refractivity contribution in [1.29, 1.82) is 0 Å². The van der Waals surface area contributed by atoms with E-state index in [4.69, 9.17) is 4.84 Å². The van der Waals surface area contributed by atoms with Crippen molar-refractivity contribution in [3.8, 4) is 0 Å². The molecule has 33 heavy (non-hydrogen) atoms. The van der Waals surface area contributed by atoms with Gasteiger partial charge in [-0.1, -0.05) is 12.1 Å². The van der Waals surface area contributed by atoms with Crippen LogP contribution in [0.25, 0.3) is 0 Å². The Hall–Kier alpha value is -3.18. The van der Waals surface area contributed by atoms with E-state index >= 15 is 0 Å². The Labute approximate surface area is 192 Å². The minimum Gasteiger partial charge on any atom is -0.353 e. The van der Waals surface area contributed by atoms with E-state index in [9.17, 15) is 18.0 Å². The molecule has 2 aromatic rings. The van der Waals surface area contributed by atoms with E-state index in [0.29, 0.717) is 22.9 Å². The molecule has 2 N–H and O–H groups in total. The van der Waals surface area contributed by atoms with Gasteiger partial charge in [0.2, 0.25) is 16.4 Å². The van der Waals surface area contributed by atoms with Crippen molar-refractivity contribution in [1.82, 2.24) is 10.5 Å². The third-order valence-corrected chi connectivity index (χ3v) is 6.99. The number of nitrogens with one attached hydrogen (secondary N) is 2. The number of carbonyl (C=O) groups excluding carboxylic acids is 2. The van der Waals surface area contributed by atoms with Gasteiger partial charge >= 0.3 is 0 Å². The topological polar surface area (TPSA) is 121 Å². The first-order valence-corrected chi connectivity index (χ1v) is 12.5. The molecule has 176 valence electrons. The number of hydrogen-bond acceptors (Lipinski definition) is 7. The quantitative estimate of drug-likeness (QED) is 0.402. The molecule has 0 unspecified atom stereocenters. The van der Waals surface area contributed by atoms with E-state index in [1.807, 2.05) is 12.1 Å². The lowest BCUT2D eigenvalue weighted by Gasteiger charge is -2.25. The van der Waals surface area contributed by atoms with Gasteiger partial charge in [-0.05, 0) is 43.2 Å². The van der Waals surface area contributed by atoms with Crippen LogP contribution in [-0.4, -0.2) is 52.2 Å². The predicted octanol–water partition coefficient (Wildman–Crippen LogP) is 2.51. The summed E-state index contributed by atoms with van der Waals surface area (Å²) in [6.45, 7) is 0. The van der Waals surface area contributed by atoms with Crippen LogP contribution in [0.5, 0.6) is 0 Å². The van der Waals surface area contributed by atoms with Gasteiger partial charge in [0.1, 0.15) is 5.82 Å². The Balaban J connectivity index is 1.81. The summed E-state index contributed by atoms with van der Waals surface area (Å²) in [7, 11) is -0.696. The zero-order chi connectivity index (χ0) is 23.8. The molecule has 0 saturated heterocycles. The van der Waals surface area contributed by atoms with Gasteiger partial charge in [0.15, 0.2) is 0 Å². The smallest absolute Gasteiger partial charge is 0.278 e. The highest BCUT2D eigenvalue weighted by Gasteiger charge is 2.32. The van der Waals surface area contributed by atoms with Crippen LogP contribution in [0, 0.1) is 0 Å². The van der Waals surface area contributed by atoms with Gasteiger partial charge in [-0.25, -0.2) is 18.9 Å². The first-order chi connectivity index (χ1) is 15.7. The number of nitrogens with zero attached hydrogens (tertiary/aromatic N) is 3. The second-order valence-corrected chi connectivity index (χ2v) is 10.4. The maximum Gasteiger partial charge on any atom is 0.278 e. The molecule has 11 heteroatoms. The molecule has 2 saturated carbocycles. The van der Waals surface area contributed by atoms with Crippen molar-refractivity contribution in [2.45, 2.75) is 37.6 Å². The van der Waals surface area contributed by atoms with Gasteiger partial charge in [0.05, 0.1) is 36.0 Å². The lowest BCUT2D eigenvalue weighted by molar-refractivity contribution is -0.107. The summed E-state index contributed by atoms with van der Waals surface area (Å²) in [5.74, 6) is 0.162. The van der Waals surface area contributed by atoms with Crippen LogP contribution in [0.3, 0.4) is 0 Å². The van der Waals surface area contributed by atoms with Gasteiger partial charge in [-0.15, -0.1) is 0 Å². The van der Waals surface area contributed by atoms with Crippen LogP contribution in [0.1, 0.15) is 47.5 Å². The van der Waals surface area contributed by atoms with E-state index < -0.39 is 15.9 Å². The summed E-state index contributed by atoms with van der Waals surface area (Å²) in [5.41, 5.74) is 4.83. The molecule has 0 aliphatic heterocycles. The van der Waals surface area contributed by atoms with Gasteiger partial charge < -0.3 is 5.32 Å². The molecule has 0 radical (unpaired) electrons. The molecule has 0 atom stereocenters. The molecule has 0 spiro atoms. The van der Waals surface area contributed by atoms with Crippen LogP contribution in [0.4, 0.5) is 22.9 Å².